The summed E-state index contributed by atoms with van der Waals surface area (Å²) in [6, 6.07) is 10.4. The number of nitrogens with one attached hydrogen (secondary N) is 1. The standard InChI is InChI=1S/C31H40N2O7/c1-29(2,3)39-26(35)12-8-20-7-11-25-23(17-20)31(19-38-25)13-15-33(16-14-31)28(37)21-9-10-22(24(34)18-21)27(36)32-40-30(4,5)6/h7,9-11,17-18,34H,8,12-16,19H2,1-6H3,(H,32,36). The van der Waals surface area contributed by atoms with Crippen LogP contribution in [0.5, 0.6) is 11.5 Å². The average Bonchev–Trinajstić information content (AvgIpc) is 3.21. The zero-order valence-corrected chi connectivity index (χ0v) is 24.3. The minimum Gasteiger partial charge on any atom is -0.507 e. The number of fused-ring (bicyclic) bond motifs is 2. The molecule has 4 rings (SSSR count). The van der Waals surface area contributed by atoms with Gasteiger partial charge in [0.25, 0.3) is 11.8 Å². The fraction of sp³-hybridized carbons (Fsp3) is 0.516. The highest BCUT2D eigenvalue weighted by molar-refractivity contribution is 5.99. The molecule has 9 nitrogen and oxygen atoms in total. The highest BCUT2D eigenvalue weighted by Gasteiger charge is 2.44. The first-order valence-corrected chi connectivity index (χ1v) is 13.7. The van der Waals surface area contributed by atoms with Crippen molar-refractivity contribution in [3.63, 3.8) is 0 Å². The highest BCUT2D eigenvalue weighted by Crippen LogP contribution is 2.46. The minimum absolute atomic E-state index is 0.0283. The van der Waals surface area contributed by atoms with Gasteiger partial charge >= 0.3 is 5.97 Å². The average molecular weight is 553 g/mol. The van der Waals surface area contributed by atoms with Crippen LogP contribution in [0.15, 0.2) is 36.4 Å². The molecule has 1 fully saturated rings. The van der Waals surface area contributed by atoms with E-state index in [4.69, 9.17) is 14.3 Å². The number of benzene rings is 2. The van der Waals surface area contributed by atoms with Crippen molar-refractivity contribution in [2.24, 2.45) is 0 Å². The number of rotatable bonds is 6. The van der Waals surface area contributed by atoms with E-state index in [1.165, 1.54) is 12.1 Å². The summed E-state index contributed by atoms with van der Waals surface area (Å²) in [7, 11) is 0. The molecule has 0 atom stereocenters. The van der Waals surface area contributed by atoms with Crippen LogP contribution in [0.25, 0.3) is 0 Å². The fourth-order valence-corrected chi connectivity index (χ4v) is 5.05. The SMILES string of the molecule is CC(C)(C)ONC(=O)c1ccc(C(=O)N2CCC3(CC2)COc2ccc(CCC(=O)OC(C)(C)C)cc23)cc1O. The molecule has 0 unspecified atom stereocenters. The summed E-state index contributed by atoms with van der Waals surface area (Å²) >= 11 is 0. The number of nitrogens with zero attached hydrogens (tertiary/aromatic N) is 1. The molecule has 9 heteroatoms. The number of phenols is 1. The molecule has 0 aliphatic carbocycles. The Bertz CT molecular complexity index is 1280. The van der Waals surface area contributed by atoms with Crippen LogP contribution >= 0.6 is 0 Å². The van der Waals surface area contributed by atoms with Gasteiger partial charge in [-0.3, -0.25) is 19.2 Å². The Hall–Kier alpha value is -3.59. The van der Waals surface area contributed by atoms with E-state index in [2.05, 4.69) is 11.5 Å². The van der Waals surface area contributed by atoms with Crippen molar-refractivity contribution >= 4 is 17.8 Å². The monoisotopic (exact) mass is 552 g/mol. The summed E-state index contributed by atoms with van der Waals surface area (Å²) in [5.41, 5.74) is 3.58. The molecule has 40 heavy (non-hydrogen) atoms. The number of carbonyl (C=O) groups is 3. The number of likely N-dealkylation sites (tertiary alicyclic amines) is 1. The lowest BCUT2D eigenvalue weighted by atomic mass is 9.74. The molecular formula is C31H40N2O7. The van der Waals surface area contributed by atoms with Crippen molar-refractivity contribution in [1.29, 1.82) is 0 Å². The zero-order valence-electron chi connectivity index (χ0n) is 24.3. The predicted octanol–water partition coefficient (Wildman–Crippen LogP) is 4.69. The maximum Gasteiger partial charge on any atom is 0.306 e. The van der Waals surface area contributed by atoms with Crippen molar-refractivity contribution in [3.05, 3.63) is 58.7 Å². The molecule has 2 N–H and O–H groups in total. The number of phenolic OH excluding ortho intramolecular Hbond substituents is 1. The van der Waals surface area contributed by atoms with E-state index in [-0.39, 0.29) is 28.6 Å². The normalized spacial score (nSPS) is 16.3. The van der Waals surface area contributed by atoms with Crippen LogP contribution < -0.4 is 10.2 Å². The smallest absolute Gasteiger partial charge is 0.306 e. The van der Waals surface area contributed by atoms with Gasteiger partial charge in [0.2, 0.25) is 0 Å². The Kier molecular flexibility index (Phi) is 8.17. The topological polar surface area (TPSA) is 114 Å². The van der Waals surface area contributed by atoms with Gasteiger partial charge in [-0.25, -0.2) is 5.48 Å². The quantitative estimate of drug-likeness (QED) is 0.395. The van der Waals surface area contributed by atoms with Crippen molar-refractivity contribution < 1.29 is 33.8 Å². The number of hydrogen-bond donors (Lipinski definition) is 2. The van der Waals surface area contributed by atoms with Crippen molar-refractivity contribution in [2.45, 2.75) is 83.8 Å². The summed E-state index contributed by atoms with van der Waals surface area (Å²) in [5.74, 6) is -0.435. The number of aryl methyl sites for hydroxylation is 1. The lowest BCUT2D eigenvalue weighted by molar-refractivity contribution is -0.154. The Morgan fingerprint density at radius 1 is 1.00 bits per heavy atom. The van der Waals surface area contributed by atoms with E-state index < -0.39 is 17.1 Å². The molecule has 0 bridgehead atoms. The van der Waals surface area contributed by atoms with Gasteiger partial charge in [0.15, 0.2) is 0 Å². The minimum atomic E-state index is -0.586. The second-order valence-electron chi connectivity index (χ2n) is 12.7. The highest BCUT2D eigenvalue weighted by atomic mass is 16.7. The molecule has 2 heterocycles. The summed E-state index contributed by atoms with van der Waals surface area (Å²) in [6.45, 7) is 12.6. The van der Waals surface area contributed by atoms with Gasteiger partial charge in [0.05, 0.1) is 17.8 Å². The number of hydrogen-bond acceptors (Lipinski definition) is 7. The number of amides is 2. The maximum absolute atomic E-state index is 13.3. The summed E-state index contributed by atoms with van der Waals surface area (Å²) < 4.78 is 11.5. The molecule has 0 saturated carbocycles. The molecule has 1 spiro atoms. The Morgan fingerprint density at radius 2 is 1.70 bits per heavy atom. The first kappa shape index (κ1) is 29.4. The molecule has 216 valence electrons. The van der Waals surface area contributed by atoms with Crippen LogP contribution in [0.4, 0.5) is 0 Å². The summed E-state index contributed by atoms with van der Waals surface area (Å²) in [4.78, 5) is 44.9. The first-order chi connectivity index (χ1) is 18.7. The molecule has 2 aliphatic rings. The maximum atomic E-state index is 13.3. The van der Waals surface area contributed by atoms with E-state index >= 15 is 0 Å². The Morgan fingerprint density at radius 3 is 2.33 bits per heavy atom. The van der Waals surface area contributed by atoms with E-state index in [0.29, 0.717) is 38.1 Å². The van der Waals surface area contributed by atoms with E-state index in [9.17, 15) is 19.5 Å². The first-order valence-electron chi connectivity index (χ1n) is 13.7. The second-order valence-corrected chi connectivity index (χ2v) is 12.7. The zero-order chi connectivity index (χ0) is 29.3. The van der Waals surface area contributed by atoms with Crippen LogP contribution in [0.3, 0.4) is 0 Å². The Balaban J connectivity index is 1.38. The van der Waals surface area contributed by atoms with Crippen LogP contribution in [0.2, 0.25) is 0 Å². The van der Waals surface area contributed by atoms with E-state index in [0.717, 1.165) is 29.7 Å². The van der Waals surface area contributed by atoms with Gasteiger partial charge in [0.1, 0.15) is 17.1 Å². The number of hydroxylamine groups is 1. The number of aromatic hydroxyl groups is 1. The van der Waals surface area contributed by atoms with Crippen LogP contribution in [-0.2, 0) is 26.2 Å². The van der Waals surface area contributed by atoms with Gasteiger partial charge in [-0.1, -0.05) is 12.1 Å². The molecule has 0 radical (unpaired) electrons. The van der Waals surface area contributed by atoms with Crippen LogP contribution in [-0.4, -0.2) is 58.7 Å². The van der Waals surface area contributed by atoms with Gasteiger partial charge in [-0.2, -0.15) is 0 Å². The van der Waals surface area contributed by atoms with Gasteiger partial charge in [0, 0.05) is 36.1 Å². The third-order valence-electron chi connectivity index (χ3n) is 7.10. The fourth-order valence-electron chi connectivity index (χ4n) is 5.05. The molecule has 0 aromatic heterocycles. The molecular weight excluding hydrogens is 512 g/mol. The molecule has 2 aromatic carbocycles. The number of carbonyl (C=O) groups excluding carboxylic acids is 3. The summed E-state index contributed by atoms with van der Waals surface area (Å²) in [5, 5.41) is 10.4. The summed E-state index contributed by atoms with van der Waals surface area (Å²) in [6.07, 6.45) is 2.36. The van der Waals surface area contributed by atoms with Crippen molar-refractivity contribution in [1.82, 2.24) is 10.4 Å². The van der Waals surface area contributed by atoms with Crippen molar-refractivity contribution in [2.75, 3.05) is 19.7 Å². The van der Waals surface area contributed by atoms with Gasteiger partial charge in [-0.15, -0.1) is 0 Å². The van der Waals surface area contributed by atoms with E-state index in [1.54, 1.807) is 31.7 Å². The molecule has 1 saturated heterocycles. The number of piperidine rings is 1. The molecule has 2 amide bonds. The number of esters is 1. The van der Waals surface area contributed by atoms with E-state index in [1.807, 2.05) is 32.9 Å². The number of ether oxygens (including phenoxy) is 2. The van der Waals surface area contributed by atoms with Gasteiger partial charge < -0.3 is 19.5 Å². The lowest BCUT2D eigenvalue weighted by Crippen LogP contribution is -2.46. The predicted molar refractivity (Wildman–Crippen MR) is 149 cm³/mol. The molecule has 2 aliphatic heterocycles. The largest absolute Gasteiger partial charge is 0.507 e. The van der Waals surface area contributed by atoms with Crippen molar-refractivity contribution in [3.8, 4) is 11.5 Å². The van der Waals surface area contributed by atoms with Crippen LogP contribution in [0.1, 0.15) is 92.6 Å². The van der Waals surface area contributed by atoms with Gasteiger partial charge in [-0.05, 0) is 90.6 Å². The Labute approximate surface area is 235 Å². The third-order valence-corrected chi connectivity index (χ3v) is 7.10. The second kappa shape index (κ2) is 11.1. The third kappa shape index (κ3) is 6.94. The lowest BCUT2D eigenvalue weighted by Gasteiger charge is -2.38. The van der Waals surface area contributed by atoms with Crippen LogP contribution in [0, 0.1) is 0 Å². The molecule has 2 aromatic rings.